The minimum Gasteiger partial charge on any atom is -0.277 e. The van der Waals surface area contributed by atoms with Gasteiger partial charge in [0.05, 0.1) is 11.4 Å². The molecular formula is C12H15N. The molecule has 68 valence electrons. The molecule has 0 saturated carbocycles. The smallest absolute Gasteiger partial charge is 0.0745 e. The van der Waals surface area contributed by atoms with Crippen LogP contribution in [-0.4, -0.2) is 6.04 Å². The number of rotatable bonds is 0. The maximum Gasteiger partial charge on any atom is 0.0745 e. The SMILES string of the molecule is CC(C)(C)C1C=c2ccccc2=N1. The first-order valence-electron chi connectivity index (χ1n) is 4.72. The molecule has 0 N–H and O–H groups in total. The molecule has 1 aliphatic heterocycles. The highest BCUT2D eigenvalue weighted by molar-refractivity contribution is 5.36. The Hall–Kier alpha value is -1.11. The van der Waals surface area contributed by atoms with Gasteiger partial charge in [0.15, 0.2) is 0 Å². The fourth-order valence-electron chi connectivity index (χ4n) is 1.55. The fourth-order valence-corrected chi connectivity index (χ4v) is 1.55. The molecular weight excluding hydrogens is 158 g/mol. The van der Waals surface area contributed by atoms with Crippen molar-refractivity contribution in [3.63, 3.8) is 0 Å². The molecule has 1 aliphatic rings. The van der Waals surface area contributed by atoms with Crippen LogP contribution in [0.3, 0.4) is 0 Å². The minimum atomic E-state index is 0.235. The highest BCUT2D eigenvalue weighted by Gasteiger charge is 2.23. The highest BCUT2D eigenvalue weighted by atomic mass is 14.8. The van der Waals surface area contributed by atoms with Crippen LogP contribution in [-0.2, 0) is 0 Å². The zero-order valence-corrected chi connectivity index (χ0v) is 8.41. The lowest BCUT2D eigenvalue weighted by molar-refractivity contribution is 0.380. The van der Waals surface area contributed by atoms with Gasteiger partial charge in [-0.15, -0.1) is 0 Å². The summed E-state index contributed by atoms with van der Waals surface area (Å²) < 4.78 is 0. The lowest BCUT2D eigenvalue weighted by atomic mass is 9.87. The first-order chi connectivity index (χ1) is 6.07. The van der Waals surface area contributed by atoms with Gasteiger partial charge in [0, 0.05) is 0 Å². The van der Waals surface area contributed by atoms with Gasteiger partial charge in [0.25, 0.3) is 0 Å². The number of para-hydroxylation sites is 1. The quantitative estimate of drug-likeness (QED) is 0.564. The summed E-state index contributed by atoms with van der Waals surface area (Å²) in [5.41, 5.74) is 0.235. The van der Waals surface area contributed by atoms with Gasteiger partial charge in [-0.2, -0.15) is 0 Å². The molecule has 0 saturated heterocycles. The summed E-state index contributed by atoms with van der Waals surface area (Å²) in [6.07, 6.45) is 2.26. The van der Waals surface area contributed by atoms with E-state index >= 15 is 0 Å². The van der Waals surface area contributed by atoms with Gasteiger partial charge in [-0.05, 0) is 16.7 Å². The zero-order chi connectivity index (χ0) is 9.47. The van der Waals surface area contributed by atoms with Crippen molar-refractivity contribution in [3.05, 3.63) is 34.8 Å². The predicted octanol–water partition coefficient (Wildman–Crippen LogP) is 1.51. The van der Waals surface area contributed by atoms with Gasteiger partial charge >= 0.3 is 0 Å². The Labute approximate surface area is 78.8 Å². The molecule has 0 spiro atoms. The maximum absolute atomic E-state index is 4.67. The Morgan fingerprint density at radius 1 is 1.15 bits per heavy atom. The second kappa shape index (κ2) is 2.69. The van der Waals surface area contributed by atoms with Gasteiger partial charge in [-0.1, -0.05) is 45.0 Å². The van der Waals surface area contributed by atoms with E-state index in [0.29, 0.717) is 6.04 Å². The monoisotopic (exact) mass is 173 g/mol. The third-order valence-corrected chi connectivity index (χ3v) is 2.44. The molecule has 1 heterocycles. The summed E-state index contributed by atoms with van der Waals surface area (Å²) in [7, 11) is 0. The van der Waals surface area contributed by atoms with E-state index in [-0.39, 0.29) is 5.41 Å². The standard InChI is InChI=1S/C12H15N/c1-12(2,3)11-8-9-6-4-5-7-10(9)13-11/h4-8,11H,1-3H3. The molecule has 1 heteroatoms. The largest absolute Gasteiger partial charge is 0.277 e. The number of benzene rings is 1. The van der Waals surface area contributed by atoms with Crippen LogP contribution in [0.2, 0.25) is 0 Å². The molecule has 0 aromatic heterocycles. The molecule has 0 aliphatic carbocycles. The molecule has 13 heavy (non-hydrogen) atoms. The average molecular weight is 173 g/mol. The summed E-state index contributed by atoms with van der Waals surface area (Å²) in [5.74, 6) is 0. The van der Waals surface area contributed by atoms with Gasteiger partial charge in [-0.25, -0.2) is 0 Å². The molecule has 0 fully saturated rings. The first-order valence-corrected chi connectivity index (χ1v) is 4.72. The molecule has 0 radical (unpaired) electrons. The lowest BCUT2D eigenvalue weighted by Crippen LogP contribution is -2.21. The minimum absolute atomic E-state index is 0.235. The van der Waals surface area contributed by atoms with Gasteiger partial charge < -0.3 is 0 Å². The van der Waals surface area contributed by atoms with E-state index in [1.165, 1.54) is 5.22 Å². The molecule has 1 nitrogen and oxygen atoms in total. The number of hydrogen-bond donors (Lipinski definition) is 0. The highest BCUT2D eigenvalue weighted by Crippen LogP contribution is 2.23. The summed E-state index contributed by atoms with van der Waals surface area (Å²) in [4.78, 5) is 4.67. The lowest BCUT2D eigenvalue weighted by Gasteiger charge is -2.22. The third kappa shape index (κ3) is 1.51. The zero-order valence-electron chi connectivity index (χ0n) is 8.41. The van der Waals surface area contributed by atoms with Crippen molar-refractivity contribution in [2.45, 2.75) is 26.8 Å². The normalized spacial score (nSPS) is 20.4. The second-order valence-electron chi connectivity index (χ2n) is 4.67. The van der Waals surface area contributed by atoms with Crippen LogP contribution in [0.1, 0.15) is 20.8 Å². The first kappa shape index (κ1) is 8.49. The summed E-state index contributed by atoms with van der Waals surface area (Å²) >= 11 is 0. The molecule has 1 unspecified atom stereocenters. The van der Waals surface area contributed by atoms with E-state index in [2.05, 4.69) is 50.0 Å². The predicted molar refractivity (Wildman–Crippen MR) is 54.9 cm³/mol. The third-order valence-electron chi connectivity index (χ3n) is 2.44. The van der Waals surface area contributed by atoms with Crippen LogP contribution >= 0.6 is 0 Å². The molecule has 0 amide bonds. The second-order valence-corrected chi connectivity index (χ2v) is 4.67. The van der Waals surface area contributed by atoms with Crippen LogP contribution in [0.15, 0.2) is 29.3 Å². The Morgan fingerprint density at radius 3 is 2.46 bits per heavy atom. The summed E-state index contributed by atoms with van der Waals surface area (Å²) in [6, 6.07) is 8.66. The van der Waals surface area contributed by atoms with E-state index in [1.54, 1.807) is 0 Å². The Bertz CT molecular complexity index is 388. The van der Waals surface area contributed by atoms with Crippen molar-refractivity contribution < 1.29 is 0 Å². The van der Waals surface area contributed by atoms with Crippen molar-refractivity contribution in [2.24, 2.45) is 10.4 Å². The van der Waals surface area contributed by atoms with Crippen LogP contribution < -0.4 is 10.6 Å². The molecule has 1 aromatic carbocycles. The fraction of sp³-hybridized carbons (Fsp3) is 0.417. The van der Waals surface area contributed by atoms with Crippen molar-refractivity contribution >= 4 is 6.08 Å². The van der Waals surface area contributed by atoms with E-state index in [0.717, 1.165) is 5.36 Å². The van der Waals surface area contributed by atoms with Crippen LogP contribution in [0, 0.1) is 5.41 Å². The van der Waals surface area contributed by atoms with Crippen molar-refractivity contribution in [2.75, 3.05) is 0 Å². The van der Waals surface area contributed by atoms with Crippen molar-refractivity contribution in [1.82, 2.24) is 0 Å². The number of nitrogens with zero attached hydrogens (tertiary/aromatic N) is 1. The average Bonchev–Trinajstić information content (AvgIpc) is 2.45. The number of fused-ring (bicyclic) bond motifs is 1. The van der Waals surface area contributed by atoms with Crippen LogP contribution in [0.4, 0.5) is 0 Å². The van der Waals surface area contributed by atoms with Gasteiger partial charge in [0.1, 0.15) is 0 Å². The van der Waals surface area contributed by atoms with E-state index in [4.69, 9.17) is 0 Å². The Morgan fingerprint density at radius 2 is 1.85 bits per heavy atom. The van der Waals surface area contributed by atoms with Gasteiger partial charge in [0.2, 0.25) is 0 Å². The Balaban J connectivity index is 2.53. The Kier molecular flexibility index (Phi) is 1.76. The van der Waals surface area contributed by atoms with E-state index in [1.807, 2.05) is 6.07 Å². The van der Waals surface area contributed by atoms with Crippen LogP contribution in [0.5, 0.6) is 0 Å². The maximum atomic E-state index is 4.67. The summed E-state index contributed by atoms with van der Waals surface area (Å²) in [5, 5.41) is 2.42. The van der Waals surface area contributed by atoms with Crippen LogP contribution in [0.25, 0.3) is 6.08 Å². The topological polar surface area (TPSA) is 12.4 Å². The van der Waals surface area contributed by atoms with Gasteiger partial charge in [-0.3, -0.25) is 4.99 Å². The molecule has 0 bridgehead atoms. The summed E-state index contributed by atoms with van der Waals surface area (Å²) in [6.45, 7) is 6.68. The van der Waals surface area contributed by atoms with Crippen molar-refractivity contribution in [3.8, 4) is 0 Å². The van der Waals surface area contributed by atoms with Crippen molar-refractivity contribution in [1.29, 1.82) is 0 Å². The number of hydrogen-bond acceptors (Lipinski definition) is 1. The molecule has 2 rings (SSSR count). The molecule has 1 aromatic rings. The molecule has 1 atom stereocenters. The van der Waals surface area contributed by atoms with E-state index in [9.17, 15) is 0 Å². The van der Waals surface area contributed by atoms with E-state index < -0.39 is 0 Å².